The van der Waals surface area contributed by atoms with E-state index in [2.05, 4.69) is 5.32 Å². The molecule has 3 rings (SSSR count). The Morgan fingerprint density at radius 2 is 1.94 bits per heavy atom. The van der Waals surface area contributed by atoms with Crippen LogP contribution in [0.3, 0.4) is 0 Å². The summed E-state index contributed by atoms with van der Waals surface area (Å²) in [7, 11) is 0. The van der Waals surface area contributed by atoms with Gasteiger partial charge in [-0.3, -0.25) is 0 Å². The molecule has 2 aliphatic carbocycles. The Kier molecular flexibility index (Phi) is 3.23. The Morgan fingerprint density at radius 3 is 2.56 bits per heavy atom. The molecule has 0 radical (unpaired) electrons. The van der Waals surface area contributed by atoms with Gasteiger partial charge in [0.25, 0.3) is 0 Å². The van der Waals surface area contributed by atoms with Gasteiger partial charge < -0.3 is 5.32 Å². The first-order chi connectivity index (χ1) is 8.70. The van der Waals surface area contributed by atoms with Crippen LogP contribution >= 0.6 is 11.6 Å². The molecule has 2 fully saturated rings. The van der Waals surface area contributed by atoms with E-state index in [0.29, 0.717) is 16.5 Å². The Labute approximate surface area is 113 Å². The molecule has 1 atom stereocenters. The molecule has 2 aliphatic rings. The average molecular weight is 268 g/mol. The van der Waals surface area contributed by atoms with Gasteiger partial charge in [-0.1, -0.05) is 30.9 Å². The SMILES string of the molecule is Fc1ccc(NC2CCC23CCCCC3)c(Cl)c1. The minimum absolute atomic E-state index is 0.272. The average Bonchev–Trinajstić information content (AvgIpc) is 2.37. The summed E-state index contributed by atoms with van der Waals surface area (Å²) in [5.41, 5.74) is 1.38. The summed E-state index contributed by atoms with van der Waals surface area (Å²) in [5, 5.41) is 4.03. The van der Waals surface area contributed by atoms with Gasteiger partial charge >= 0.3 is 0 Å². The largest absolute Gasteiger partial charge is 0.381 e. The van der Waals surface area contributed by atoms with Gasteiger partial charge in [-0.15, -0.1) is 0 Å². The number of hydrogen-bond acceptors (Lipinski definition) is 1. The maximum absolute atomic E-state index is 13.0. The van der Waals surface area contributed by atoms with Gasteiger partial charge in [-0.2, -0.15) is 0 Å². The van der Waals surface area contributed by atoms with Crippen LogP contribution in [0.2, 0.25) is 5.02 Å². The fourth-order valence-electron chi connectivity index (χ4n) is 3.57. The highest BCUT2D eigenvalue weighted by Crippen LogP contribution is 2.52. The van der Waals surface area contributed by atoms with Crippen LogP contribution in [0.4, 0.5) is 10.1 Å². The van der Waals surface area contributed by atoms with E-state index in [4.69, 9.17) is 11.6 Å². The molecule has 0 heterocycles. The van der Waals surface area contributed by atoms with Crippen molar-refractivity contribution in [2.45, 2.75) is 51.0 Å². The first kappa shape index (κ1) is 12.3. The Morgan fingerprint density at radius 1 is 1.17 bits per heavy atom. The lowest BCUT2D eigenvalue weighted by molar-refractivity contribution is 0.0571. The van der Waals surface area contributed by atoms with Crippen LogP contribution in [0.15, 0.2) is 18.2 Å². The van der Waals surface area contributed by atoms with E-state index in [9.17, 15) is 4.39 Å². The van der Waals surface area contributed by atoms with Gasteiger partial charge in [0.15, 0.2) is 0 Å². The zero-order valence-corrected chi connectivity index (χ0v) is 11.3. The van der Waals surface area contributed by atoms with Crippen LogP contribution in [-0.4, -0.2) is 6.04 Å². The summed E-state index contributed by atoms with van der Waals surface area (Å²) in [6.07, 6.45) is 9.32. The first-order valence-corrected chi connectivity index (χ1v) is 7.29. The minimum Gasteiger partial charge on any atom is -0.381 e. The maximum Gasteiger partial charge on any atom is 0.124 e. The number of hydrogen-bond donors (Lipinski definition) is 1. The lowest BCUT2D eigenvalue weighted by Crippen LogP contribution is -2.50. The van der Waals surface area contributed by atoms with Crippen LogP contribution < -0.4 is 5.32 Å². The van der Waals surface area contributed by atoms with E-state index in [-0.39, 0.29) is 5.82 Å². The summed E-state index contributed by atoms with van der Waals surface area (Å²) >= 11 is 6.08. The molecule has 3 heteroatoms. The second-order valence-corrected chi connectivity index (χ2v) is 6.19. The molecule has 2 saturated carbocycles. The lowest BCUT2D eigenvalue weighted by Gasteiger charge is -2.52. The van der Waals surface area contributed by atoms with E-state index in [0.717, 1.165) is 5.69 Å². The van der Waals surface area contributed by atoms with Crippen LogP contribution in [-0.2, 0) is 0 Å². The molecule has 1 spiro atoms. The van der Waals surface area contributed by atoms with Crippen molar-refractivity contribution in [1.82, 2.24) is 0 Å². The molecule has 0 bridgehead atoms. The Bertz CT molecular complexity index is 440. The number of anilines is 1. The minimum atomic E-state index is -0.272. The highest BCUT2D eigenvalue weighted by Gasteiger charge is 2.46. The van der Waals surface area contributed by atoms with Crippen molar-refractivity contribution in [3.05, 3.63) is 29.0 Å². The molecule has 1 aromatic rings. The highest BCUT2D eigenvalue weighted by atomic mass is 35.5. The molecule has 0 saturated heterocycles. The number of rotatable bonds is 2. The second-order valence-electron chi connectivity index (χ2n) is 5.78. The Balaban J connectivity index is 1.72. The van der Waals surface area contributed by atoms with Gasteiger partial charge in [-0.05, 0) is 49.3 Å². The van der Waals surface area contributed by atoms with E-state index >= 15 is 0 Å². The van der Waals surface area contributed by atoms with Crippen molar-refractivity contribution in [2.75, 3.05) is 5.32 Å². The third kappa shape index (κ3) is 2.11. The topological polar surface area (TPSA) is 12.0 Å². The fourth-order valence-corrected chi connectivity index (χ4v) is 3.79. The quantitative estimate of drug-likeness (QED) is 0.795. The van der Waals surface area contributed by atoms with Crippen molar-refractivity contribution in [1.29, 1.82) is 0 Å². The monoisotopic (exact) mass is 267 g/mol. The van der Waals surface area contributed by atoms with Gasteiger partial charge in [-0.25, -0.2) is 4.39 Å². The third-order valence-corrected chi connectivity index (χ3v) is 5.09. The van der Waals surface area contributed by atoms with Crippen LogP contribution in [0.25, 0.3) is 0 Å². The summed E-state index contributed by atoms with van der Waals surface area (Å²) in [6, 6.07) is 5.14. The van der Waals surface area contributed by atoms with Crippen molar-refractivity contribution >= 4 is 17.3 Å². The number of halogens is 2. The van der Waals surface area contributed by atoms with Gasteiger partial charge in [0.05, 0.1) is 10.7 Å². The van der Waals surface area contributed by atoms with Crippen molar-refractivity contribution in [3.63, 3.8) is 0 Å². The highest BCUT2D eigenvalue weighted by molar-refractivity contribution is 6.33. The third-order valence-electron chi connectivity index (χ3n) is 4.78. The second kappa shape index (κ2) is 4.73. The number of benzene rings is 1. The van der Waals surface area contributed by atoms with Gasteiger partial charge in [0.2, 0.25) is 0 Å². The zero-order chi connectivity index (χ0) is 12.6. The standard InChI is InChI=1S/C15H19ClFN/c16-12-10-11(17)4-5-13(12)18-14-6-9-15(14)7-2-1-3-8-15/h4-5,10,14,18H,1-3,6-9H2. The summed E-state index contributed by atoms with van der Waals surface area (Å²) in [6.45, 7) is 0. The molecule has 0 aliphatic heterocycles. The summed E-state index contributed by atoms with van der Waals surface area (Å²) in [5.74, 6) is -0.272. The predicted molar refractivity (Wildman–Crippen MR) is 73.6 cm³/mol. The van der Waals surface area contributed by atoms with E-state index < -0.39 is 0 Å². The van der Waals surface area contributed by atoms with Crippen molar-refractivity contribution < 1.29 is 4.39 Å². The molecule has 1 N–H and O–H groups in total. The molecule has 1 aromatic carbocycles. The lowest BCUT2D eigenvalue weighted by atomic mass is 9.57. The van der Waals surface area contributed by atoms with E-state index in [1.807, 2.05) is 0 Å². The predicted octanol–water partition coefficient (Wildman–Crippen LogP) is 5.00. The molecular formula is C15H19ClFN. The summed E-state index contributed by atoms with van der Waals surface area (Å²) in [4.78, 5) is 0. The van der Waals surface area contributed by atoms with Crippen molar-refractivity contribution in [2.24, 2.45) is 5.41 Å². The van der Waals surface area contributed by atoms with E-state index in [1.165, 1.54) is 57.1 Å². The first-order valence-electron chi connectivity index (χ1n) is 6.91. The molecule has 18 heavy (non-hydrogen) atoms. The smallest absolute Gasteiger partial charge is 0.124 e. The fraction of sp³-hybridized carbons (Fsp3) is 0.600. The van der Waals surface area contributed by atoms with Crippen LogP contribution in [0, 0.1) is 11.2 Å². The molecule has 0 aromatic heterocycles. The summed E-state index contributed by atoms with van der Waals surface area (Å²) < 4.78 is 13.0. The molecular weight excluding hydrogens is 249 g/mol. The molecule has 1 unspecified atom stereocenters. The normalized spacial score (nSPS) is 25.8. The zero-order valence-electron chi connectivity index (χ0n) is 10.5. The Hall–Kier alpha value is -0.760. The van der Waals surface area contributed by atoms with Crippen LogP contribution in [0.1, 0.15) is 44.9 Å². The maximum atomic E-state index is 13.0. The van der Waals surface area contributed by atoms with Crippen molar-refractivity contribution in [3.8, 4) is 0 Å². The molecule has 1 nitrogen and oxygen atoms in total. The van der Waals surface area contributed by atoms with Gasteiger partial charge in [0, 0.05) is 6.04 Å². The molecule has 98 valence electrons. The molecule has 0 amide bonds. The van der Waals surface area contributed by atoms with Gasteiger partial charge in [0.1, 0.15) is 5.82 Å². The van der Waals surface area contributed by atoms with E-state index in [1.54, 1.807) is 6.07 Å². The van der Waals surface area contributed by atoms with Crippen LogP contribution in [0.5, 0.6) is 0 Å². The number of nitrogens with one attached hydrogen (secondary N) is 1.